The first-order valence-electron chi connectivity index (χ1n) is 3.66. The fourth-order valence-corrected chi connectivity index (χ4v) is 10.2. The van der Waals surface area contributed by atoms with Gasteiger partial charge in [-0.15, -0.1) is 0 Å². The van der Waals surface area contributed by atoms with E-state index in [4.69, 9.17) is 0 Å². The molecule has 0 aromatic heterocycles. The van der Waals surface area contributed by atoms with Crippen molar-refractivity contribution in [3.05, 3.63) is 0 Å². The maximum Gasteiger partial charge on any atom is 1.00 e. The average Bonchev–Trinajstić information content (AvgIpc) is 1.54. The van der Waals surface area contributed by atoms with Crippen molar-refractivity contribution < 1.29 is 28.8 Å². The molecular weight excluding hydrogens is 179 g/mol. The van der Waals surface area contributed by atoms with Crippen LogP contribution in [-0.4, -0.2) is 26.3 Å². The summed E-state index contributed by atoms with van der Waals surface area (Å²) in [5.74, 6) is 0. The van der Waals surface area contributed by atoms with Crippen LogP contribution in [0.5, 0.6) is 0 Å². The van der Waals surface area contributed by atoms with Gasteiger partial charge in [-0.1, -0.05) is 26.6 Å². The van der Waals surface area contributed by atoms with E-state index in [-0.39, 0.29) is 29.6 Å². The van der Waals surface area contributed by atoms with Crippen molar-refractivity contribution in [1.29, 1.82) is 0 Å². The monoisotopic (exact) mass is 194 g/mol. The first-order chi connectivity index (χ1) is 4.76. The van der Waals surface area contributed by atoms with Crippen molar-refractivity contribution in [2.24, 2.45) is 0 Å². The molecule has 2 nitrogen and oxygen atoms in total. The summed E-state index contributed by atoms with van der Waals surface area (Å²) in [4.78, 5) is 11.1. The fourth-order valence-electron chi connectivity index (χ4n) is 1.30. The van der Waals surface area contributed by atoms with Crippen LogP contribution in [0.4, 0.5) is 0 Å². The van der Waals surface area contributed by atoms with E-state index in [1.54, 1.807) is 13.8 Å². The molecule has 0 aromatic rings. The summed E-state index contributed by atoms with van der Waals surface area (Å²) in [6.45, 7) is 9.36. The van der Waals surface area contributed by atoms with Gasteiger partial charge in [-0.05, 0) is 6.92 Å². The van der Waals surface area contributed by atoms with Gasteiger partial charge in [0.15, 0.2) is 0 Å². The Kier molecular flexibility index (Phi) is 6.42. The van der Waals surface area contributed by atoms with Gasteiger partial charge in [0.05, 0.1) is 15.5 Å². The molecule has 0 aliphatic heterocycles. The smallest absolute Gasteiger partial charge is 0.879 e. The van der Waals surface area contributed by atoms with Gasteiger partial charge in [0.2, 0.25) is 0 Å². The molecule has 0 saturated carbocycles. The van der Waals surface area contributed by atoms with Gasteiger partial charge in [0.1, 0.15) is 5.41 Å². The molecule has 0 bridgehead atoms. The molecule has 5 heteroatoms. The molecule has 0 fully saturated rings. The molecule has 0 unspecified atom stereocenters. The van der Waals surface area contributed by atoms with E-state index in [9.17, 15) is 9.90 Å². The van der Waals surface area contributed by atoms with Crippen molar-refractivity contribution in [1.82, 2.24) is 0 Å². The topological polar surface area (TPSA) is 40.1 Å². The fraction of sp³-hybridized carbons (Fsp3) is 0.714. The van der Waals surface area contributed by atoms with E-state index in [2.05, 4.69) is 19.6 Å². The zero-order valence-corrected chi connectivity index (χ0v) is 10.8. The van der Waals surface area contributed by atoms with E-state index >= 15 is 0 Å². The maximum atomic E-state index is 11.1. The third-order valence-electron chi connectivity index (χ3n) is 1.45. The second-order valence-electron chi connectivity index (χ2n) is 3.74. The molecule has 0 spiro atoms. The van der Waals surface area contributed by atoms with Gasteiger partial charge < -0.3 is 9.90 Å². The van der Waals surface area contributed by atoms with E-state index in [0.717, 1.165) is 0 Å². The van der Waals surface area contributed by atoms with Gasteiger partial charge in [-0.2, -0.15) is 5.35 Å². The van der Waals surface area contributed by atoms with Crippen LogP contribution in [0.2, 0.25) is 19.6 Å². The van der Waals surface area contributed by atoms with Crippen LogP contribution in [0.3, 0.4) is 0 Å². The first kappa shape index (κ1) is 14.9. The third-order valence-corrected chi connectivity index (χ3v) is 11.0. The van der Waals surface area contributed by atoms with Crippen molar-refractivity contribution in [2.75, 3.05) is 0 Å². The van der Waals surface area contributed by atoms with Gasteiger partial charge in [0.25, 0.3) is 0 Å². The SMILES string of the molecule is CC(=O)/[Si](=C(/C)[O-])[Si](C)(C)C.[Li+]. The third kappa shape index (κ3) is 4.41. The number of hydrogen-bond acceptors (Lipinski definition) is 2. The van der Waals surface area contributed by atoms with Crippen LogP contribution in [0.15, 0.2) is 0 Å². The molecular formula is C7H15LiO2Si2. The van der Waals surface area contributed by atoms with Crippen LogP contribution in [-0.2, 0) is 4.79 Å². The van der Waals surface area contributed by atoms with Crippen molar-refractivity contribution >= 4 is 26.3 Å². The molecule has 0 amide bonds. The summed E-state index contributed by atoms with van der Waals surface area (Å²) in [5.41, 5.74) is 0. The predicted octanol–water partition coefficient (Wildman–Crippen LogP) is -2.88. The van der Waals surface area contributed by atoms with Gasteiger partial charge in [-0.25, -0.2) is 0 Å². The Balaban J connectivity index is 0. The molecule has 0 saturated heterocycles. The number of carbonyl (C=O) groups excluding carboxylic acids is 1. The van der Waals surface area contributed by atoms with Gasteiger partial charge >= 0.3 is 18.9 Å². The summed E-state index contributed by atoms with van der Waals surface area (Å²) in [5, 5.41) is 11.3. The Hall–Kier alpha value is 0.371. The largest absolute Gasteiger partial charge is 1.00 e. The first-order valence-corrected chi connectivity index (χ1v) is 9.66. The minimum atomic E-state index is -1.51. The Labute approximate surface area is 88.6 Å². The molecule has 0 atom stereocenters. The molecule has 0 aromatic carbocycles. The van der Waals surface area contributed by atoms with Crippen LogP contribution >= 0.6 is 0 Å². The second-order valence-corrected chi connectivity index (χ2v) is 16.4. The zero-order valence-electron chi connectivity index (χ0n) is 8.82. The number of hydrogen-bond donors (Lipinski definition) is 0. The zero-order chi connectivity index (χ0) is 9.23. The minimum Gasteiger partial charge on any atom is -0.879 e. The van der Waals surface area contributed by atoms with E-state index in [1.807, 2.05) is 0 Å². The summed E-state index contributed by atoms with van der Waals surface area (Å²) < 4.78 is 0. The van der Waals surface area contributed by atoms with Gasteiger partial charge in [-0.3, -0.25) is 0 Å². The van der Waals surface area contributed by atoms with Crippen molar-refractivity contribution in [3.63, 3.8) is 0 Å². The summed E-state index contributed by atoms with van der Waals surface area (Å²) in [6, 6.07) is 0. The molecule has 12 heavy (non-hydrogen) atoms. The van der Waals surface area contributed by atoms with Crippen molar-refractivity contribution in [3.8, 4) is 0 Å². The van der Waals surface area contributed by atoms with E-state index in [0.29, 0.717) is 0 Å². The Morgan fingerprint density at radius 1 is 1.25 bits per heavy atom. The van der Waals surface area contributed by atoms with E-state index in [1.165, 1.54) is 0 Å². The van der Waals surface area contributed by atoms with Crippen LogP contribution in [0.25, 0.3) is 0 Å². The minimum absolute atomic E-state index is 0. The molecule has 0 heterocycles. The molecule has 0 aliphatic rings. The van der Waals surface area contributed by atoms with Crippen LogP contribution in [0.1, 0.15) is 13.8 Å². The van der Waals surface area contributed by atoms with E-state index < -0.39 is 15.5 Å². The summed E-state index contributed by atoms with van der Waals surface area (Å²) >= 11 is 0. The summed E-state index contributed by atoms with van der Waals surface area (Å²) in [6.07, 6.45) is 0. The molecule has 0 rings (SSSR count). The number of carbonyl (C=O) groups is 1. The quantitative estimate of drug-likeness (QED) is 0.443. The van der Waals surface area contributed by atoms with Crippen LogP contribution in [0, 0.1) is 0 Å². The second kappa shape index (κ2) is 5.18. The normalized spacial score (nSPS) is 13.1. The van der Waals surface area contributed by atoms with Crippen molar-refractivity contribution in [2.45, 2.75) is 33.5 Å². The Morgan fingerprint density at radius 2 is 1.58 bits per heavy atom. The molecule has 0 radical (unpaired) electrons. The standard InChI is InChI=1S/C7H16O2Si2.Li/c1-6(8)10(7(2)9)11(3,4)5;/h8H,1-5H3;/q;+1/p-1/b10-6+;. The molecule has 64 valence electrons. The van der Waals surface area contributed by atoms with Gasteiger partial charge in [0, 0.05) is 0 Å². The molecule has 0 N–H and O–H groups in total. The Morgan fingerprint density at radius 3 is 1.58 bits per heavy atom. The maximum absolute atomic E-state index is 11.1. The number of rotatable bonds is 2. The molecule has 0 aliphatic carbocycles. The predicted molar refractivity (Wildman–Crippen MR) is 50.5 cm³/mol. The van der Waals surface area contributed by atoms with Crippen LogP contribution < -0.4 is 24.0 Å². The summed E-state index contributed by atoms with van der Waals surface area (Å²) in [7, 11) is -2.84. The Bertz CT molecular complexity index is 202. The average molecular weight is 194 g/mol.